The summed E-state index contributed by atoms with van der Waals surface area (Å²) in [5, 5.41) is 11.9. The van der Waals surface area contributed by atoms with Crippen LogP contribution in [0.25, 0.3) is 0 Å². The molecule has 1 aliphatic heterocycles. The van der Waals surface area contributed by atoms with Crippen molar-refractivity contribution in [3.63, 3.8) is 0 Å². The van der Waals surface area contributed by atoms with Gasteiger partial charge in [0.05, 0.1) is 4.87 Å². The Kier molecular flexibility index (Phi) is 3.01. The third kappa shape index (κ3) is 1.75. The lowest BCUT2D eigenvalue weighted by atomic mass is 10.1. The van der Waals surface area contributed by atoms with E-state index in [1.54, 1.807) is 11.8 Å². The van der Waals surface area contributed by atoms with Gasteiger partial charge in [-0.1, -0.05) is 13.8 Å². The van der Waals surface area contributed by atoms with Crippen LogP contribution in [0.15, 0.2) is 0 Å². The second kappa shape index (κ2) is 3.66. The van der Waals surface area contributed by atoms with E-state index >= 15 is 0 Å². The largest absolute Gasteiger partial charge is 0.480 e. The van der Waals surface area contributed by atoms with E-state index in [-0.39, 0.29) is 10.9 Å². The van der Waals surface area contributed by atoms with E-state index in [1.165, 1.54) is 0 Å². The van der Waals surface area contributed by atoms with Crippen LogP contribution in [0.4, 0.5) is 0 Å². The monoisotopic (exact) mass is 189 g/mol. The van der Waals surface area contributed by atoms with E-state index in [0.29, 0.717) is 5.75 Å². The molecule has 12 heavy (non-hydrogen) atoms. The molecule has 1 saturated heterocycles. The SMILES string of the molecule is CCC1(CC)N[C@H](C(=O)O)CS1. The van der Waals surface area contributed by atoms with Crippen LogP contribution in [0.2, 0.25) is 0 Å². The van der Waals surface area contributed by atoms with Crippen LogP contribution >= 0.6 is 11.8 Å². The van der Waals surface area contributed by atoms with E-state index in [1.807, 2.05) is 0 Å². The number of aliphatic carboxylic acids is 1. The lowest BCUT2D eigenvalue weighted by Crippen LogP contribution is -2.44. The molecular weight excluding hydrogens is 174 g/mol. The molecule has 0 radical (unpaired) electrons. The fourth-order valence-electron chi connectivity index (χ4n) is 1.43. The quantitative estimate of drug-likeness (QED) is 0.702. The lowest BCUT2D eigenvalue weighted by Gasteiger charge is -2.25. The molecule has 4 heteroatoms. The van der Waals surface area contributed by atoms with Gasteiger partial charge >= 0.3 is 5.97 Å². The predicted molar refractivity (Wildman–Crippen MR) is 50.3 cm³/mol. The Morgan fingerprint density at radius 2 is 2.25 bits per heavy atom. The van der Waals surface area contributed by atoms with Crippen molar-refractivity contribution >= 4 is 17.7 Å². The summed E-state index contributed by atoms with van der Waals surface area (Å²) in [6.45, 7) is 4.18. The van der Waals surface area contributed by atoms with Gasteiger partial charge < -0.3 is 5.11 Å². The van der Waals surface area contributed by atoms with Gasteiger partial charge in [0.2, 0.25) is 0 Å². The molecule has 2 N–H and O–H groups in total. The Bertz CT molecular complexity index is 180. The van der Waals surface area contributed by atoms with E-state index in [2.05, 4.69) is 19.2 Å². The first-order valence-corrected chi connectivity index (χ1v) is 5.26. The van der Waals surface area contributed by atoms with Gasteiger partial charge in [0.15, 0.2) is 0 Å². The molecule has 0 unspecified atom stereocenters. The molecule has 0 bridgehead atoms. The zero-order valence-electron chi connectivity index (χ0n) is 7.46. The van der Waals surface area contributed by atoms with Crippen molar-refractivity contribution in [2.24, 2.45) is 0 Å². The maximum absolute atomic E-state index is 10.6. The molecule has 0 aromatic heterocycles. The first-order valence-electron chi connectivity index (χ1n) is 4.28. The van der Waals surface area contributed by atoms with E-state index in [0.717, 1.165) is 12.8 Å². The molecule has 0 saturated carbocycles. The van der Waals surface area contributed by atoms with Crippen molar-refractivity contribution in [2.75, 3.05) is 5.75 Å². The highest BCUT2D eigenvalue weighted by Crippen LogP contribution is 2.35. The Hall–Kier alpha value is -0.220. The van der Waals surface area contributed by atoms with Crippen molar-refractivity contribution in [1.82, 2.24) is 5.32 Å². The van der Waals surface area contributed by atoms with Crippen LogP contribution in [0.5, 0.6) is 0 Å². The second-order valence-electron chi connectivity index (χ2n) is 3.05. The minimum atomic E-state index is -0.730. The number of hydrogen-bond donors (Lipinski definition) is 2. The van der Waals surface area contributed by atoms with Crippen LogP contribution in [0.1, 0.15) is 26.7 Å². The number of carbonyl (C=O) groups is 1. The molecule has 3 nitrogen and oxygen atoms in total. The summed E-state index contributed by atoms with van der Waals surface area (Å²) in [5.74, 6) is -0.0388. The van der Waals surface area contributed by atoms with Crippen LogP contribution in [-0.2, 0) is 4.79 Å². The third-order valence-corrected chi connectivity index (χ3v) is 4.15. The molecule has 0 amide bonds. The molecule has 1 aliphatic rings. The summed E-state index contributed by atoms with van der Waals surface area (Å²) >= 11 is 1.73. The summed E-state index contributed by atoms with van der Waals surface area (Å²) in [5.41, 5.74) is 0. The number of nitrogens with one attached hydrogen (secondary N) is 1. The lowest BCUT2D eigenvalue weighted by molar-refractivity contribution is -0.138. The smallest absolute Gasteiger partial charge is 0.321 e. The van der Waals surface area contributed by atoms with Crippen LogP contribution in [0.3, 0.4) is 0 Å². The summed E-state index contributed by atoms with van der Waals surface area (Å²) in [6, 6.07) is -0.352. The van der Waals surface area contributed by atoms with Gasteiger partial charge in [-0.2, -0.15) is 0 Å². The zero-order valence-corrected chi connectivity index (χ0v) is 8.28. The average Bonchev–Trinajstić information content (AvgIpc) is 2.49. The Morgan fingerprint density at radius 1 is 1.67 bits per heavy atom. The van der Waals surface area contributed by atoms with E-state index in [9.17, 15) is 4.79 Å². The van der Waals surface area contributed by atoms with Crippen molar-refractivity contribution in [3.05, 3.63) is 0 Å². The Labute approximate surface area is 76.9 Å². The van der Waals surface area contributed by atoms with Gasteiger partial charge in [0, 0.05) is 5.75 Å². The number of hydrogen-bond acceptors (Lipinski definition) is 3. The van der Waals surface area contributed by atoms with Crippen LogP contribution in [0, 0.1) is 0 Å². The Morgan fingerprint density at radius 3 is 2.50 bits per heavy atom. The van der Waals surface area contributed by atoms with Gasteiger partial charge in [-0.3, -0.25) is 10.1 Å². The van der Waals surface area contributed by atoms with Gasteiger partial charge in [-0.25, -0.2) is 0 Å². The van der Waals surface area contributed by atoms with Crippen molar-refractivity contribution in [1.29, 1.82) is 0 Å². The molecular formula is C8H15NO2S. The minimum Gasteiger partial charge on any atom is -0.480 e. The summed E-state index contributed by atoms with van der Waals surface area (Å²) in [6.07, 6.45) is 1.97. The molecule has 70 valence electrons. The molecule has 1 fully saturated rings. The fourth-order valence-corrected chi connectivity index (χ4v) is 2.78. The van der Waals surface area contributed by atoms with Crippen molar-refractivity contribution < 1.29 is 9.90 Å². The average molecular weight is 189 g/mol. The molecule has 0 spiro atoms. The summed E-state index contributed by atoms with van der Waals surface area (Å²) in [7, 11) is 0. The summed E-state index contributed by atoms with van der Waals surface area (Å²) < 4.78 is 0. The van der Waals surface area contributed by atoms with Crippen molar-refractivity contribution in [2.45, 2.75) is 37.6 Å². The van der Waals surface area contributed by atoms with E-state index in [4.69, 9.17) is 5.11 Å². The van der Waals surface area contributed by atoms with Gasteiger partial charge in [0.25, 0.3) is 0 Å². The topological polar surface area (TPSA) is 49.3 Å². The predicted octanol–water partition coefficient (Wildman–Crippen LogP) is 1.29. The van der Waals surface area contributed by atoms with Gasteiger partial charge in [0.1, 0.15) is 6.04 Å². The maximum atomic E-state index is 10.6. The first kappa shape index (κ1) is 9.86. The number of rotatable bonds is 3. The first-order chi connectivity index (χ1) is 5.63. The Balaban J connectivity index is 2.58. The molecule has 0 aromatic carbocycles. The summed E-state index contributed by atoms with van der Waals surface area (Å²) in [4.78, 5) is 10.7. The third-order valence-electron chi connectivity index (χ3n) is 2.40. The molecule has 0 aromatic rings. The van der Waals surface area contributed by atoms with Crippen molar-refractivity contribution in [3.8, 4) is 0 Å². The highest BCUT2D eigenvalue weighted by Gasteiger charge is 2.39. The molecule has 1 atom stereocenters. The van der Waals surface area contributed by atoms with Gasteiger partial charge in [-0.05, 0) is 12.8 Å². The molecule has 0 aliphatic carbocycles. The zero-order chi connectivity index (χ0) is 9.19. The maximum Gasteiger partial charge on any atom is 0.321 e. The molecule has 1 rings (SSSR count). The second-order valence-corrected chi connectivity index (χ2v) is 4.45. The van der Waals surface area contributed by atoms with Crippen LogP contribution < -0.4 is 5.32 Å². The number of carboxylic acid groups (broad SMARTS) is 1. The number of thioether (sulfide) groups is 1. The highest BCUT2D eigenvalue weighted by molar-refractivity contribution is 8.00. The number of carboxylic acids is 1. The van der Waals surface area contributed by atoms with Crippen LogP contribution in [-0.4, -0.2) is 27.7 Å². The minimum absolute atomic E-state index is 0.0169. The molecule has 1 heterocycles. The standard InChI is InChI=1S/C8H15NO2S/c1-3-8(4-2)9-6(5-12-8)7(10)11/h6,9H,3-5H2,1-2H3,(H,10,11)/t6-/m0/s1. The van der Waals surface area contributed by atoms with Gasteiger partial charge in [-0.15, -0.1) is 11.8 Å². The fraction of sp³-hybridized carbons (Fsp3) is 0.875. The highest BCUT2D eigenvalue weighted by atomic mass is 32.2. The normalized spacial score (nSPS) is 27.3. The van der Waals surface area contributed by atoms with E-state index < -0.39 is 5.97 Å².